The molecule has 0 saturated carbocycles. The topological polar surface area (TPSA) is 30.5 Å². The van der Waals surface area contributed by atoms with Crippen LogP contribution in [-0.2, 0) is 16.0 Å². The van der Waals surface area contributed by atoms with Gasteiger partial charge >= 0.3 is 0 Å². The van der Waals surface area contributed by atoms with Crippen molar-refractivity contribution in [1.82, 2.24) is 5.32 Å². The zero-order chi connectivity index (χ0) is 14.1. The van der Waals surface area contributed by atoms with Crippen LogP contribution in [0, 0.1) is 5.41 Å². The molecule has 1 N–H and O–H groups in total. The Balaban J connectivity index is 2.19. The largest absolute Gasteiger partial charge is 0.379 e. The highest BCUT2D eigenvalue weighted by Gasteiger charge is 2.18. The molecule has 0 fully saturated rings. The van der Waals surface area contributed by atoms with Crippen molar-refractivity contribution in [1.29, 1.82) is 0 Å². The summed E-state index contributed by atoms with van der Waals surface area (Å²) >= 11 is 0. The van der Waals surface area contributed by atoms with Crippen LogP contribution >= 0.6 is 0 Å². The molecule has 3 nitrogen and oxygen atoms in total. The molecule has 1 atom stereocenters. The quantitative estimate of drug-likeness (QED) is 0.745. The smallest absolute Gasteiger partial charge is 0.0776 e. The van der Waals surface area contributed by atoms with Crippen LogP contribution in [0.2, 0.25) is 0 Å². The lowest BCUT2D eigenvalue weighted by Crippen LogP contribution is -2.33. The molecule has 1 unspecified atom stereocenters. The van der Waals surface area contributed by atoms with E-state index in [0.29, 0.717) is 6.61 Å². The number of hydrogen-bond acceptors (Lipinski definition) is 3. The van der Waals surface area contributed by atoms with Gasteiger partial charge in [0.15, 0.2) is 0 Å². The maximum atomic E-state index is 5.69. The van der Waals surface area contributed by atoms with Crippen molar-refractivity contribution in [3.8, 4) is 0 Å². The predicted molar refractivity (Wildman–Crippen MR) is 79.2 cm³/mol. The van der Waals surface area contributed by atoms with E-state index in [9.17, 15) is 0 Å². The highest BCUT2D eigenvalue weighted by Crippen LogP contribution is 2.14. The molecule has 3 heteroatoms. The molecule has 0 heterocycles. The average molecular weight is 265 g/mol. The fraction of sp³-hybridized carbons (Fsp3) is 0.625. The monoisotopic (exact) mass is 265 g/mol. The fourth-order valence-corrected chi connectivity index (χ4v) is 1.76. The lowest BCUT2D eigenvalue weighted by Gasteiger charge is -2.25. The third-order valence-electron chi connectivity index (χ3n) is 3.02. The fourth-order valence-electron chi connectivity index (χ4n) is 1.76. The minimum Gasteiger partial charge on any atom is -0.379 e. The summed E-state index contributed by atoms with van der Waals surface area (Å²) in [6.45, 7) is 9.66. The summed E-state index contributed by atoms with van der Waals surface area (Å²) in [6, 6.07) is 10.4. The number of benzene rings is 1. The van der Waals surface area contributed by atoms with Crippen molar-refractivity contribution in [3.63, 3.8) is 0 Å². The van der Waals surface area contributed by atoms with E-state index in [1.165, 1.54) is 5.56 Å². The molecule has 0 amide bonds. The van der Waals surface area contributed by atoms with Gasteiger partial charge in [0.1, 0.15) is 0 Å². The molecule has 1 aromatic carbocycles. The molecular weight excluding hydrogens is 238 g/mol. The van der Waals surface area contributed by atoms with Crippen LogP contribution in [0.1, 0.15) is 26.3 Å². The van der Waals surface area contributed by atoms with Gasteiger partial charge < -0.3 is 14.8 Å². The molecule has 1 aromatic rings. The summed E-state index contributed by atoms with van der Waals surface area (Å²) in [6.07, 6.45) is 0.160. The first-order valence-corrected chi connectivity index (χ1v) is 6.89. The molecule has 108 valence electrons. The summed E-state index contributed by atoms with van der Waals surface area (Å²) in [5.74, 6) is 0. The number of ether oxygens (including phenoxy) is 2. The van der Waals surface area contributed by atoms with Crippen molar-refractivity contribution < 1.29 is 9.47 Å². The molecular formula is C16H27NO2. The predicted octanol–water partition coefficient (Wildman–Crippen LogP) is 2.85. The second kappa shape index (κ2) is 8.31. The zero-order valence-electron chi connectivity index (χ0n) is 12.6. The van der Waals surface area contributed by atoms with Crippen molar-refractivity contribution in [3.05, 3.63) is 35.9 Å². The molecule has 0 aliphatic carbocycles. The highest BCUT2D eigenvalue weighted by molar-refractivity contribution is 5.14. The summed E-state index contributed by atoms with van der Waals surface area (Å²) in [5.41, 5.74) is 1.44. The van der Waals surface area contributed by atoms with Crippen molar-refractivity contribution in [2.75, 3.05) is 26.9 Å². The van der Waals surface area contributed by atoms with E-state index < -0.39 is 0 Å². The highest BCUT2D eigenvalue weighted by atomic mass is 16.5. The molecule has 0 radical (unpaired) electrons. The third kappa shape index (κ3) is 7.31. The third-order valence-corrected chi connectivity index (χ3v) is 3.02. The minimum absolute atomic E-state index is 0.127. The Hall–Kier alpha value is -0.900. The standard InChI is InChI=1S/C16H27NO2/c1-14(18-4)11-19-13-16(2,3)12-17-10-15-8-6-5-7-9-15/h5-9,14,17H,10-13H2,1-4H3. The van der Waals surface area contributed by atoms with Gasteiger partial charge in [0.2, 0.25) is 0 Å². The van der Waals surface area contributed by atoms with Crippen molar-refractivity contribution >= 4 is 0 Å². The summed E-state index contributed by atoms with van der Waals surface area (Å²) in [4.78, 5) is 0. The maximum Gasteiger partial charge on any atom is 0.0776 e. The Morgan fingerprint density at radius 2 is 1.89 bits per heavy atom. The minimum atomic E-state index is 0.127. The Kier molecular flexibility index (Phi) is 7.06. The van der Waals surface area contributed by atoms with E-state index in [-0.39, 0.29) is 11.5 Å². The van der Waals surface area contributed by atoms with Gasteiger partial charge in [-0.3, -0.25) is 0 Å². The van der Waals surface area contributed by atoms with Crippen molar-refractivity contribution in [2.45, 2.75) is 33.4 Å². The molecule has 1 rings (SSSR count). The van der Waals surface area contributed by atoms with Gasteiger partial charge in [0.05, 0.1) is 19.3 Å². The van der Waals surface area contributed by atoms with Gasteiger partial charge in [-0.25, -0.2) is 0 Å². The van der Waals surface area contributed by atoms with Crippen LogP contribution in [0.5, 0.6) is 0 Å². The van der Waals surface area contributed by atoms with E-state index in [2.05, 4.69) is 43.4 Å². The summed E-state index contributed by atoms with van der Waals surface area (Å²) < 4.78 is 10.9. The van der Waals surface area contributed by atoms with Gasteiger partial charge in [-0.1, -0.05) is 44.2 Å². The van der Waals surface area contributed by atoms with Gasteiger partial charge in [0.25, 0.3) is 0 Å². The molecule has 0 saturated heterocycles. The molecule has 0 spiro atoms. The van der Waals surface area contributed by atoms with Gasteiger partial charge in [-0.2, -0.15) is 0 Å². The normalized spacial score (nSPS) is 13.5. The Morgan fingerprint density at radius 1 is 1.21 bits per heavy atom. The van der Waals surface area contributed by atoms with Crippen LogP contribution in [0.3, 0.4) is 0 Å². The first kappa shape index (κ1) is 16.2. The van der Waals surface area contributed by atoms with Gasteiger partial charge in [-0.15, -0.1) is 0 Å². The van der Waals surface area contributed by atoms with Crippen molar-refractivity contribution in [2.24, 2.45) is 5.41 Å². The number of hydrogen-bond donors (Lipinski definition) is 1. The summed E-state index contributed by atoms with van der Waals surface area (Å²) in [5, 5.41) is 3.48. The lowest BCUT2D eigenvalue weighted by molar-refractivity contribution is -0.00899. The number of nitrogens with one attached hydrogen (secondary N) is 1. The van der Waals surface area contributed by atoms with Crippen LogP contribution in [-0.4, -0.2) is 33.0 Å². The van der Waals surface area contributed by atoms with Gasteiger partial charge in [0, 0.05) is 25.6 Å². The first-order chi connectivity index (χ1) is 9.03. The van der Waals surface area contributed by atoms with Gasteiger partial charge in [-0.05, 0) is 12.5 Å². The Morgan fingerprint density at radius 3 is 2.53 bits per heavy atom. The maximum absolute atomic E-state index is 5.69. The van der Waals surface area contributed by atoms with Crippen LogP contribution in [0.25, 0.3) is 0 Å². The first-order valence-electron chi connectivity index (χ1n) is 6.89. The molecule has 0 aromatic heterocycles. The Bertz CT molecular complexity index is 338. The second-order valence-corrected chi connectivity index (χ2v) is 5.81. The number of methoxy groups -OCH3 is 1. The van der Waals surface area contributed by atoms with Crippen LogP contribution in [0.15, 0.2) is 30.3 Å². The molecule has 19 heavy (non-hydrogen) atoms. The van der Waals surface area contributed by atoms with E-state index in [1.54, 1.807) is 7.11 Å². The SMILES string of the molecule is COC(C)COCC(C)(C)CNCc1ccccc1. The van der Waals surface area contributed by atoms with E-state index >= 15 is 0 Å². The molecule has 0 bridgehead atoms. The van der Waals surface area contributed by atoms with E-state index in [4.69, 9.17) is 9.47 Å². The lowest BCUT2D eigenvalue weighted by atomic mass is 9.95. The van der Waals surface area contributed by atoms with E-state index in [1.807, 2.05) is 13.0 Å². The van der Waals surface area contributed by atoms with Crippen LogP contribution in [0.4, 0.5) is 0 Å². The summed E-state index contributed by atoms with van der Waals surface area (Å²) in [7, 11) is 1.71. The zero-order valence-corrected chi connectivity index (χ0v) is 12.6. The van der Waals surface area contributed by atoms with Crippen LogP contribution < -0.4 is 5.32 Å². The average Bonchev–Trinajstić information content (AvgIpc) is 2.39. The molecule has 0 aliphatic rings. The van der Waals surface area contributed by atoms with E-state index in [0.717, 1.165) is 19.7 Å². The second-order valence-electron chi connectivity index (χ2n) is 5.81. The Labute approximate surface area is 117 Å². The molecule has 0 aliphatic heterocycles. The number of rotatable bonds is 9.